The number of hydrogen-bond acceptors (Lipinski definition) is 3. The highest BCUT2D eigenvalue weighted by molar-refractivity contribution is 8.63. The van der Waals surface area contributed by atoms with Crippen LogP contribution in [0, 0.1) is 0 Å². The predicted molar refractivity (Wildman–Crippen MR) is 52.4 cm³/mol. The Hall–Kier alpha value is 0.830. The van der Waals surface area contributed by atoms with E-state index >= 15 is 0 Å². The summed E-state index contributed by atoms with van der Waals surface area (Å²) in [5.74, 6) is -2.16. The molecular weight excluding hydrogens is 203 g/mol. The van der Waals surface area contributed by atoms with Crippen LogP contribution in [0.1, 0.15) is 27.2 Å². The largest absolute Gasteiger partial charge is 0.346 e. The van der Waals surface area contributed by atoms with E-state index < -0.39 is 5.92 Å². The third-order valence-corrected chi connectivity index (χ3v) is 5.42. The molecule has 2 nitrogen and oxygen atoms in total. The van der Waals surface area contributed by atoms with Gasteiger partial charge in [-0.15, -0.1) is 0 Å². The summed E-state index contributed by atoms with van der Waals surface area (Å²) in [6.45, 7) is 5.74. The number of halogens is 1. The molecule has 0 aromatic heterocycles. The van der Waals surface area contributed by atoms with Crippen LogP contribution in [0.2, 0.25) is 0 Å². The highest BCUT2D eigenvalue weighted by Gasteiger charge is 2.21. The summed E-state index contributed by atoms with van der Waals surface area (Å²) in [5.41, 5.74) is 0. The van der Waals surface area contributed by atoms with Crippen LogP contribution >= 0.6 is 28.5 Å². The standard InChI is InChI=1S/C6H14ClO2PS/c1-4-6(3)9-10(7,8)11-5-2/h6H,4-5H2,1-3H3. The molecule has 2 unspecified atom stereocenters. The molecule has 0 aliphatic carbocycles. The second kappa shape index (κ2) is 5.47. The van der Waals surface area contributed by atoms with Crippen LogP contribution in [0.15, 0.2) is 0 Å². The van der Waals surface area contributed by atoms with Gasteiger partial charge in [0, 0.05) is 5.75 Å². The topological polar surface area (TPSA) is 26.3 Å². The summed E-state index contributed by atoms with van der Waals surface area (Å²) >= 11 is 6.78. The summed E-state index contributed by atoms with van der Waals surface area (Å²) in [5, 5.41) is 0. The minimum atomic E-state index is -2.88. The van der Waals surface area contributed by atoms with Gasteiger partial charge in [-0.3, -0.25) is 4.57 Å². The molecule has 0 N–H and O–H groups in total. The molecule has 0 aromatic rings. The zero-order valence-corrected chi connectivity index (χ0v) is 9.51. The minimum Gasteiger partial charge on any atom is -0.307 e. The molecule has 5 heteroatoms. The molecule has 0 saturated heterocycles. The molecule has 2 atom stereocenters. The molecule has 0 amide bonds. The lowest BCUT2D eigenvalue weighted by Gasteiger charge is -2.14. The highest BCUT2D eigenvalue weighted by Crippen LogP contribution is 2.64. The van der Waals surface area contributed by atoms with Gasteiger partial charge in [0.1, 0.15) is 0 Å². The number of rotatable bonds is 5. The van der Waals surface area contributed by atoms with Gasteiger partial charge >= 0.3 is 5.92 Å². The zero-order valence-electron chi connectivity index (χ0n) is 7.04. The van der Waals surface area contributed by atoms with Crippen molar-refractivity contribution >= 4 is 28.5 Å². The molecule has 0 spiro atoms. The second-order valence-electron chi connectivity index (χ2n) is 2.17. The van der Waals surface area contributed by atoms with Crippen molar-refractivity contribution in [1.29, 1.82) is 0 Å². The van der Waals surface area contributed by atoms with Gasteiger partial charge in [-0.25, -0.2) is 0 Å². The van der Waals surface area contributed by atoms with Crippen molar-refractivity contribution < 1.29 is 9.09 Å². The van der Waals surface area contributed by atoms with Crippen LogP contribution in [-0.2, 0) is 9.09 Å². The lowest BCUT2D eigenvalue weighted by atomic mass is 10.3. The van der Waals surface area contributed by atoms with Gasteiger partial charge in [-0.2, -0.15) is 0 Å². The summed E-state index contributed by atoms with van der Waals surface area (Å²) in [7, 11) is 0. The van der Waals surface area contributed by atoms with Crippen molar-refractivity contribution in [2.45, 2.75) is 33.3 Å². The van der Waals surface area contributed by atoms with Gasteiger partial charge in [0.2, 0.25) is 0 Å². The van der Waals surface area contributed by atoms with Crippen molar-refractivity contribution in [3.05, 3.63) is 0 Å². The Morgan fingerprint density at radius 1 is 1.64 bits per heavy atom. The maximum atomic E-state index is 11.3. The van der Waals surface area contributed by atoms with Crippen LogP contribution in [0.5, 0.6) is 0 Å². The lowest BCUT2D eigenvalue weighted by Crippen LogP contribution is -2.00. The van der Waals surface area contributed by atoms with E-state index in [1.54, 1.807) is 0 Å². The molecule has 0 heterocycles. The average Bonchev–Trinajstić information content (AvgIpc) is 1.86. The molecule has 0 aliphatic heterocycles. The first kappa shape index (κ1) is 11.8. The van der Waals surface area contributed by atoms with Crippen molar-refractivity contribution in [3.63, 3.8) is 0 Å². The monoisotopic (exact) mass is 216 g/mol. The Balaban J connectivity index is 3.81. The molecule has 0 aliphatic rings. The Morgan fingerprint density at radius 2 is 2.18 bits per heavy atom. The molecule has 0 saturated carbocycles. The van der Waals surface area contributed by atoms with Gasteiger partial charge in [0.05, 0.1) is 6.10 Å². The van der Waals surface area contributed by atoms with E-state index in [1.807, 2.05) is 20.8 Å². The summed E-state index contributed by atoms with van der Waals surface area (Å²) in [4.78, 5) is 0. The Bertz CT molecular complexity index is 154. The van der Waals surface area contributed by atoms with Crippen LogP contribution < -0.4 is 0 Å². The number of hydrogen-bond donors (Lipinski definition) is 0. The lowest BCUT2D eigenvalue weighted by molar-refractivity contribution is 0.234. The molecule has 0 rings (SSSR count). The van der Waals surface area contributed by atoms with Crippen molar-refractivity contribution in [2.24, 2.45) is 0 Å². The zero-order chi connectivity index (χ0) is 8.91. The summed E-state index contributed by atoms with van der Waals surface area (Å²) in [6.07, 6.45) is 0.818. The average molecular weight is 217 g/mol. The van der Waals surface area contributed by atoms with E-state index in [0.29, 0.717) is 0 Å². The van der Waals surface area contributed by atoms with Crippen molar-refractivity contribution in [2.75, 3.05) is 5.75 Å². The van der Waals surface area contributed by atoms with Gasteiger partial charge < -0.3 is 4.52 Å². The fourth-order valence-electron chi connectivity index (χ4n) is 0.474. The maximum absolute atomic E-state index is 11.3. The van der Waals surface area contributed by atoms with Gasteiger partial charge in [0.15, 0.2) is 0 Å². The van der Waals surface area contributed by atoms with Gasteiger partial charge in [-0.05, 0) is 24.6 Å². The first-order valence-corrected chi connectivity index (χ1v) is 7.76. The summed E-state index contributed by atoms with van der Waals surface area (Å²) < 4.78 is 16.4. The van der Waals surface area contributed by atoms with E-state index in [2.05, 4.69) is 0 Å². The van der Waals surface area contributed by atoms with Crippen molar-refractivity contribution in [1.82, 2.24) is 0 Å². The van der Waals surface area contributed by atoms with Crippen LogP contribution in [0.25, 0.3) is 0 Å². The fourth-order valence-corrected chi connectivity index (χ4v) is 4.26. The normalized spacial score (nSPS) is 19.3. The fraction of sp³-hybridized carbons (Fsp3) is 1.00. The van der Waals surface area contributed by atoms with E-state index in [-0.39, 0.29) is 6.10 Å². The smallest absolute Gasteiger partial charge is 0.307 e. The Labute approximate surface area is 77.0 Å². The van der Waals surface area contributed by atoms with E-state index in [0.717, 1.165) is 12.2 Å². The SMILES string of the molecule is CCSP(=O)(Cl)OC(C)CC. The summed E-state index contributed by atoms with van der Waals surface area (Å²) in [6, 6.07) is 0. The molecule has 0 fully saturated rings. The van der Waals surface area contributed by atoms with E-state index in [1.165, 1.54) is 11.4 Å². The Kier molecular flexibility index (Phi) is 5.88. The van der Waals surface area contributed by atoms with Gasteiger partial charge in [0.25, 0.3) is 0 Å². The molecule has 0 radical (unpaired) electrons. The minimum absolute atomic E-state index is 0.0163. The van der Waals surface area contributed by atoms with Crippen molar-refractivity contribution in [3.8, 4) is 0 Å². The Morgan fingerprint density at radius 3 is 2.55 bits per heavy atom. The molecule has 68 valence electrons. The quantitative estimate of drug-likeness (QED) is 0.652. The third-order valence-electron chi connectivity index (χ3n) is 1.16. The maximum Gasteiger partial charge on any atom is 0.346 e. The highest BCUT2D eigenvalue weighted by atomic mass is 35.7. The molecule has 0 aromatic carbocycles. The first-order valence-electron chi connectivity index (χ1n) is 3.64. The molecular formula is C6H14ClO2PS. The van der Waals surface area contributed by atoms with Crippen LogP contribution in [0.4, 0.5) is 0 Å². The predicted octanol–water partition coefficient (Wildman–Crippen LogP) is 3.90. The van der Waals surface area contributed by atoms with Crippen LogP contribution in [-0.4, -0.2) is 11.9 Å². The first-order chi connectivity index (χ1) is 5.02. The van der Waals surface area contributed by atoms with E-state index in [4.69, 9.17) is 15.8 Å². The molecule has 0 bridgehead atoms. The van der Waals surface area contributed by atoms with Crippen LogP contribution in [0.3, 0.4) is 0 Å². The second-order valence-corrected chi connectivity index (χ2v) is 8.23. The third kappa shape index (κ3) is 6.03. The van der Waals surface area contributed by atoms with E-state index in [9.17, 15) is 4.57 Å². The molecule has 11 heavy (non-hydrogen) atoms. The van der Waals surface area contributed by atoms with Gasteiger partial charge in [-0.1, -0.05) is 25.2 Å².